The summed E-state index contributed by atoms with van der Waals surface area (Å²) < 4.78 is 10.9. The Balaban J connectivity index is 2.04. The molecule has 1 aromatic rings. The first-order valence-electron chi connectivity index (χ1n) is 13.0. The lowest BCUT2D eigenvalue weighted by atomic mass is 9.93. The predicted octanol–water partition coefficient (Wildman–Crippen LogP) is 2.79. The molecule has 0 bridgehead atoms. The average Bonchev–Trinajstić information content (AvgIpc) is 2.86. The zero-order valence-corrected chi connectivity index (χ0v) is 21.6. The second kappa shape index (κ2) is 16.9. The summed E-state index contributed by atoms with van der Waals surface area (Å²) in [6.45, 7) is 4.81. The van der Waals surface area contributed by atoms with Crippen LogP contribution >= 0.6 is 0 Å². The Morgan fingerprint density at radius 2 is 1.94 bits per heavy atom. The second-order valence-electron chi connectivity index (χ2n) is 9.60. The summed E-state index contributed by atoms with van der Waals surface area (Å²) in [5, 5.41) is 14.5. The lowest BCUT2D eigenvalue weighted by Crippen LogP contribution is -2.46. The third kappa shape index (κ3) is 11.4. The molecular weight excluding hydrogens is 460 g/mol. The van der Waals surface area contributed by atoms with Gasteiger partial charge in [-0.05, 0) is 43.6 Å². The van der Waals surface area contributed by atoms with Gasteiger partial charge in [-0.15, -0.1) is 0 Å². The highest BCUT2D eigenvalue weighted by atomic mass is 16.5. The normalized spacial score (nSPS) is 21.9. The predicted molar refractivity (Wildman–Crippen MR) is 138 cm³/mol. The molecule has 0 fully saturated rings. The number of allylic oxidation sites excluding steroid dienone is 2. The smallest absolute Gasteiger partial charge is 0.309 e. The second-order valence-corrected chi connectivity index (χ2v) is 9.60. The van der Waals surface area contributed by atoms with Crippen LogP contribution in [0.1, 0.15) is 51.5 Å². The fraction of sp³-hybridized carbons (Fsp3) is 0.607. The summed E-state index contributed by atoms with van der Waals surface area (Å²) >= 11 is 0. The number of benzene rings is 1. The average molecular weight is 503 g/mol. The van der Waals surface area contributed by atoms with E-state index < -0.39 is 5.92 Å². The highest BCUT2D eigenvalue weighted by molar-refractivity contribution is 5.86. The minimum atomic E-state index is -0.523. The number of carbonyl (C=O) groups is 3. The Bertz CT molecular complexity index is 827. The van der Waals surface area contributed by atoms with Gasteiger partial charge in [-0.3, -0.25) is 14.4 Å². The van der Waals surface area contributed by atoms with Gasteiger partial charge in [0.2, 0.25) is 11.8 Å². The number of hydrogen-bond donors (Lipinski definition) is 3. The minimum absolute atomic E-state index is 0.0518. The van der Waals surface area contributed by atoms with E-state index in [2.05, 4.69) is 10.6 Å². The first-order valence-corrected chi connectivity index (χ1v) is 13.0. The van der Waals surface area contributed by atoms with E-state index in [9.17, 15) is 14.4 Å². The molecule has 1 aliphatic heterocycles. The van der Waals surface area contributed by atoms with E-state index in [0.29, 0.717) is 26.0 Å². The van der Waals surface area contributed by atoms with E-state index in [-0.39, 0.29) is 61.9 Å². The van der Waals surface area contributed by atoms with E-state index in [0.717, 1.165) is 24.8 Å². The summed E-state index contributed by atoms with van der Waals surface area (Å²) in [5.41, 5.74) is 1.10. The fourth-order valence-electron chi connectivity index (χ4n) is 4.06. The van der Waals surface area contributed by atoms with Crippen molar-refractivity contribution in [2.24, 2.45) is 17.8 Å². The number of carbonyl (C=O) groups excluding carboxylic acids is 3. The Kier molecular flexibility index (Phi) is 13.8. The SMILES string of the molecule is CC(C)C1COC(=O)C(Cc2ccccc2)CCCC=CCC(CC(=O)NCCOCCO)C(=O)N1. The first-order chi connectivity index (χ1) is 17.4. The Morgan fingerprint density at radius 3 is 2.67 bits per heavy atom. The van der Waals surface area contributed by atoms with Crippen LogP contribution in [0.4, 0.5) is 0 Å². The molecule has 2 amide bonds. The number of hydrogen-bond acceptors (Lipinski definition) is 6. The summed E-state index contributed by atoms with van der Waals surface area (Å²) in [7, 11) is 0. The maximum atomic E-state index is 13.1. The zero-order valence-electron chi connectivity index (χ0n) is 21.6. The molecule has 2 rings (SSSR count). The van der Waals surface area contributed by atoms with Gasteiger partial charge in [0, 0.05) is 13.0 Å². The van der Waals surface area contributed by atoms with Gasteiger partial charge < -0.3 is 25.2 Å². The highest BCUT2D eigenvalue weighted by Gasteiger charge is 2.27. The van der Waals surface area contributed by atoms with Crippen LogP contribution < -0.4 is 10.6 Å². The van der Waals surface area contributed by atoms with Gasteiger partial charge in [-0.25, -0.2) is 0 Å². The molecule has 0 aromatic heterocycles. The topological polar surface area (TPSA) is 114 Å². The van der Waals surface area contributed by atoms with E-state index >= 15 is 0 Å². The van der Waals surface area contributed by atoms with Crippen molar-refractivity contribution in [3.05, 3.63) is 48.0 Å². The third-order valence-corrected chi connectivity index (χ3v) is 6.31. The van der Waals surface area contributed by atoms with Crippen molar-refractivity contribution in [3.8, 4) is 0 Å². The van der Waals surface area contributed by atoms with Crippen molar-refractivity contribution >= 4 is 17.8 Å². The van der Waals surface area contributed by atoms with Gasteiger partial charge >= 0.3 is 5.97 Å². The molecule has 8 heteroatoms. The lowest BCUT2D eigenvalue weighted by Gasteiger charge is -2.26. The Morgan fingerprint density at radius 1 is 1.17 bits per heavy atom. The number of aliphatic hydroxyl groups is 1. The van der Waals surface area contributed by atoms with Crippen LogP contribution in [0.3, 0.4) is 0 Å². The number of esters is 1. The molecule has 8 nitrogen and oxygen atoms in total. The van der Waals surface area contributed by atoms with Crippen LogP contribution in [0.5, 0.6) is 0 Å². The van der Waals surface area contributed by atoms with E-state index in [1.807, 2.05) is 56.3 Å². The number of rotatable bonds is 10. The van der Waals surface area contributed by atoms with E-state index in [1.54, 1.807) is 0 Å². The first kappa shape index (κ1) is 29.5. The lowest BCUT2D eigenvalue weighted by molar-refractivity contribution is -0.150. The van der Waals surface area contributed by atoms with Gasteiger partial charge in [0.1, 0.15) is 6.61 Å². The quantitative estimate of drug-likeness (QED) is 0.258. The molecule has 0 saturated carbocycles. The van der Waals surface area contributed by atoms with Crippen molar-refractivity contribution in [3.63, 3.8) is 0 Å². The van der Waals surface area contributed by atoms with Crippen LogP contribution in [-0.2, 0) is 30.3 Å². The molecule has 1 aromatic carbocycles. The van der Waals surface area contributed by atoms with E-state index in [4.69, 9.17) is 14.6 Å². The molecular formula is C28H42N2O6. The largest absolute Gasteiger partial charge is 0.463 e. The highest BCUT2D eigenvalue weighted by Crippen LogP contribution is 2.20. The summed E-state index contributed by atoms with van der Waals surface area (Å²) in [6, 6.07) is 9.60. The minimum Gasteiger partial charge on any atom is -0.463 e. The molecule has 3 unspecified atom stereocenters. The molecule has 3 atom stereocenters. The molecule has 1 heterocycles. The fourth-order valence-corrected chi connectivity index (χ4v) is 4.06. The standard InChI is InChI=1S/C28H42N2O6/c1-21(2)25-20-36-28(34)24(18-22-10-6-5-7-11-22)13-9-4-3-8-12-23(27(33)30-25)19-26(32)29-14-16-35-17-15-31/h3,5-8,10-11,21,23-25,31H,4,9,12-20H2,1-2H3,(H,29,32)(H,30,33). The third-order valence-electron chi connectivity index (χ3n) is 6.31. The summed E-state index contributed by atoms with van der Waals surface area (Å²) in [4.78, 5) is 38.5. The molecule has 200 valence electrons. The van der Waals surface area contributed by atoms with Crippen molar-refractivity contribution in [1.82, 2.24) is 10.6 Å². The maximum absolute atomic E-state index is 13.1. The molecule has 1 aliphatic rings. The summed E-state index contributed by atoms with van der Waals surface area (Å²) in [5.74, 6) is -1.39. The number of aliphatic hydroxyl groups excluding tert-OH is 1. The van der Waals surface area contributed by atoms with Crippen LogP contribution in [0.15, 0.2) is 42.5 Å². The number of cyclic esters (lactones) is 1. The van der Waals surface area contributed by atoms with Crippen LogP contribution in [0.2, 0.25) is 0 Å². The van der Waals surface area contributed by atoms with Crippen molar-refractivity contribution in [2.75, 3.05) is 33.0 Å². The Hall–Kier alpha value is -2.71. The van der Waals surface area contributed by atoms with Gasteiger partial charge in [0.15, 0.2) is 0 Å². The number of nitrogens with one attached hydrogen (secondary N) is 2. The Labute approximate surface area is 214 Å². The molecule has 3 N–H and O–H groups in total. The van der Waals surface area contributed by atoms with Crippen molar-refractivity contribution in [1.29, 1.82) is 0 Å². The van der Waals surface area contributed by atoms with Crippen molar-refractivity contribution < 1.29 is 29.0 Å². The molecule has 36 heavy (non-hydrogen) atoms. The molecule has 0 saturated heterocycles. The zero-order chi connectivity index (χ0) is 26.2. The van der Waals surface area contributed by atoms with Gasteiger partial charge in [-0.1, -0.05) is 56.3 Å². The van der Waals surface area contributed by atoms with Gasteiger partial charge in [0.25, 0.3) is 0 Å². The molecule has 0 aliphatic carbocycles. The number of amides is 2. The monoisotopic (exact) mass is 502 g/mol. The van der Waals surface area contributed by atoms with Crippen molar-refractivity contribution in [2.45, 2.75) is 58.4 Å². The van der Waals surface area contributed by atoms with Gasteiger partial charge in [0.05, 0.1) is 37.7 Å². The molecule has 0 spiro atoms. The van der Waals surface area contributed by atoms with Crippen LogP contribution in [0, 0.1) is 17.8 Å². The van der Waals surface area contributed by atoms with Gasteiger partial charge in [-0.2, -0.15) is 0 Å². The maximum Gasteiger partial charge on any atom is 0.309 e. The van der Waals surface area contributed by atoms with E-state index in [1.165, 1.54) is 0 Å². The van der Waals surface area contributed by atoms with Crippen LogP contribution in [-0.4, -0.2) is 61.9 Å². The number of ether oxygens (including phenoxy) is 2. The molecule has 0 radical (unpaired) electrons. The summed E-state index contributed by atoms with van der Waals surface area (Å²) in [6.07, 6.45) is 7.47. The van der Waals surface area contributed by atoms with Crippen LogP contribution in [0.25, 0.3) is 0 Å².